The van der Waals surface area contributed by atoms with Gasteiger partial charge in [-0.25, -0.2) is 0 Å². The summed E-state index contributed by atoms with van der Waals surface area (Å²) in [5, 5.41) is 0. The molecular formula is C75H130O6. The van der Waals surface area contributed by atoms with Crippen LogP contribution < -0.4 is 0 Å². The summed E-state index contributed by atoms with van der Waals surface area (Å²) in [4.78, 5) is 38.4. The van der Waals surface area contributed by atoms with Crippen LogP contribution in [0.2, 0.25) is 0 Å². The number of unbranched alkanes of at least 4 members (excludes halogenated alkanes) is 36. The van der Waals surface area contributed by atoms with E-state index in [1.807, 2.05) is 0 Å². The largest absolute Gasteiger partial charge is 0.462 e. The highest BCUT2D eigenvalue weighted by molar-refractivity contribution is 5.71. The Morgan fingerprint density at radius 2 is 0.481 bits per heavy atom. The fourth-order valence-electron chi connectivity index (χ4n) is 9.92. The van der Waals surface area contributed by atoms with E-state index in [-0.39, 0.29) is 31.1 Å². The molecule has 0 fully saturated rings. The number of hydrogen-bond donors (Lipinski definition) is 0. The lowest BCUT2D eigenvalue weighted by molar-refractivity contribution is -0.167. The lowest BCUT2D eigenvalue weighted by Gasteiger charge is -2.18. The first-order chi connectivity index (χ1) is 40.0. The average molecular weight is 1130 g/mol. The molecule has 0 bridgehead atoms. The minimum absolute atomic E-state index is 0.0851. The zero-order chi connectivity index (χ0) is 58.5. The van der Waals surface area contributed by atoms with Crippen molar-refractivity contribution in [3.8, 4) is 0 Å². The van der Waals surface area contributed by atoms with Crippen molar-refractivity contribution in [2.45, 2.75) is 348 Å². The van der Waals surface area contributed by atoms with Gasteiger partial charge >= 0.3 is 17.9 Å². The van der Waals surface area contributed by atoms with Gasteiger partial charge in [0.25, 0.3) is 0 Å². The molecule has 0 amide bonds. The van der Waals surface area contributed by atoms with Crippen molar-refractivity contribution < 1.29 is 28.6 Å². The second-order valence-electron chi connectivity index (χ2n) is 23.0. The summed E-state index contributed by atoms with van der Waals surface area (Å²) in [6.07, 6.45) is 92.9. The number of ether oxygens (including phenoxy) is 3. The molecule has 0 spiro atoms. The summed E-state index contributed by atoms with van der Waals surface area (Å²) in [6.45, 7) is 6.44. The predicted octanol–water partition coefficient (Wildman–Crippen LogP) is 24.0. The van der Waals surface area contributed by atoms with Gasteiger partial charge in [-0.1, -0.05) is 304 Å². The van der Waals surface area contributed by atoms with Gasteiger partial charge in [-0.2, -0.15) is 0 Å². The number of rotatable bonds is 63. The third kappa shape index (κ3) is 67.0. The zero-order valence-corrected chi connectivity index (χ0v) is 53.5. The van der Waals surface area contributed by atoms with Crippen LogP contribution in [0.25, 0.3) is 0 Å². The van der Waals surface area contributed by atoms with E-state index in [4.69, 9.17) is 14.2 Å². The highest BCUT2D eigenvalue weighted by Gasteiger charge is 2.19. The lowest BCUT2D eigenvalue weighted by atomic mass is 10.0. The second kappa shape index (κ2) is 68.8. The fraction of sp³-hybridized carbons (Fsp3) is 0.747. The van der Waals surface area contributed by atoms with Crippen LogP contribution >= 0.6 is 0 Å². The topological polar surface area (TPSA) is 78.9 Å². The minimum Gasteiger partial charge on any atom is -0.462 e. The molecule has 0 aromatic carbocycles. The maximum Gasteiger partial charge on any atom is 0.306 e. The van der Waals surface area contributed by atoms with Crippen LogP contribution in [0.5, 0.6) is 0 Å². The quantitative estimate of drug-likeness (QED) is 0.0261. The third-order valence-corrected chi connectivity index (χ3v) is 15.1. The summed E-state index contributed by atoms with van der Waals surface area (Å²) < 4.78 is 17.0. The Bertz CT molecular complexity index is 1580. The van der Waals surface area contributed by atoms with E-state index in [2.05, 4.69) is 118 Å². The van der Waals surface area contributed by atoms with E-state index < -0.39 is 6.10 Å². The van der Waals surface area contributed by atoms with E-state index in [0.717, 1.165) is 122 Å². The first kappa shape index (κ1) is 77.3. The van der Waals surface area contributed by atoms with E-state index in [1.165, 1.54) is 180 Å². The SMILES string of the molecule is CC/C=C\C/C=C\C/C=C\C/C=C\CCCCCCCCC(=O)OC(COC(=O)CCCCCCCCC/C=C\C/C=C\C/C=C\CC)COC(=O)CCCCCCCCCCCCCCCCC/C=C\CCCCCCCCCC. The molecule has 0 rings (SSSR count). The summed E-state index contributed by atoms with van der Waals surface area (Å²) in [6, 6.07) is 0. The molecule has 0 radical (unpaired) electrons. The highest BCUT2D eigenvalue weighted by Crippen LogP contribution is 2.17. The number of carbonyl (C=O) groups is 3. The first-order valence-corrected chi connectivity index (χ1v) is 34.7. The maximum absolute atomic E-state index is 12.9. The van der Waals surface area contributed by atoms with Gasteiger partial charge in [0.05, 0.1) is 0 Å². The van der Waals surface area contributed by atoms with Crippen LogP contribution in [0.1, 0.15) is 342 Å². The molecule has 466 valence electrons. The molecule has 0 aromatic heterocycles. The van der Waals surface area contributed by atoms with Crippen LogP contribution in [0.4, 0.5) is 0 Å². The molecular weight excluding hydrogens is 997 g/mol. The van der Waals surface area contributed by atoms with Crippen molar-refractivity contribution >= 4 is 17.9 Å². The van der Waals surface area contributed by atoms with Crippen LogP contribution in [-0.4, -0.2) is 37.2 Å². The molecule has 1 atom stereocenters. The van der Waals surface area contributed by atoms with Crippen LogP contribution in [0.15, 0.2) is 97.2 Å². The summed E-state index contributed by atoms with van der Waals surface area (Å²) in [5.41, 5.74) is 0. The molecule has 0 saturated carbocycles. The molecule has 1 unspecified atom stereocenters. The molecule has 81 heavy (non-hydrogen) atoms. The smallest absolute Gasteiger partial charge is 0.306 e. The van der Waals surface area contributed by atoms with Crippen LogP contribution in [0.3, 0.4) is 0 Å². The molecule has 6 nitrogen and oxygen atoms in total. The summed E-state index contributed by atoms with van der Waals surface area (Å²) in [7, 11) is 0. The first-order valence-electron chi connectivity index (χ1n) is 34.7. The molecule has 0 aliphatic heterocycles. The van der Waals surface area contributed by atoms with Gasteiger partial charge in [-0.3, -0.25) is 14.4 Å². The zero-order valence-electron chi connectivity index (χ0n) is 53.5. The Morgan fingerprint density at radius 1 is 0.259 bits per heavy atom. The summed E-state index contributed by atoms with van der Waals surface area (Å²) in [5.74, 6) is -0.895. The summed E-state index contributed by atoms with van der Waals surface area (Å²) >= 11 is 0. The molecule has 0 heterocycles. The van der Waals surface area contributed by atoms with Crippen molar-refractivity contribution in [1.29, 1.82) is 0 Å². The lowest BCUT2D eigenvalue weighted by Crippen LogP contribution is -2.30. The number of carbonyl (C=O) groups excluding carboxylic acids is 3. The number of esters is 3. The Kier molecular flexibility index (Phi) is 65.7. The van der Waals surface area contributed by atoms with E-state index >= 15 is 0 Å². The Hall–Kier alpha value is -3.67. The van der Waals surface area contributed by atoms with Crippen molar-refractivity contribution in [1.82, 2.24) is 0 Å². The van der Waals surface area contributed by atoms with Crippen LogP contribution in [0, 0.1) is 0 Å². The van der Waals surface area contributed by atoms with E-state index in [0.29, 0.717) is 19.3 Å². The van der Waals surface area contributed by atoms with Gasteiger partial charge in [0.15, 0.2) is 6.10 Å². The van der Waals surface area contributed by atoms with Crippen molar-refractivity contribution in [2.75, 3.05) is 13.2 Å². The third-order valence-electron chi connectivity index (χ3n) is 15.1. The maximum atomic E-state index is 12.9. The standard InChI is InChI=1S/C75H130O6/c1-4-7-10-13-16-19-22-25-28-31-33-34-35-36-37-38-39-40-42-44-47-50-53-56-59-62-65-68-74(77)80-71-72(70-79-73(76)67-64-61-58-55-52-49-46-43-30-27-24-21-18-15-12-9-6-3)81-75(78)69-66-63-60-57-54-51-48-45-41-32-29-26-23-20-17-14-11-8-5-2/h8-9,11-12,17-18,20-21,26-27,29-31,33,41,45,72H,4-7,10,13-16,19,22-25,28,32,34-40,42-44,46-71H2,1-3H3/b11-8-,12-9-,20-17-,21-18-,29-26-,30-27-,33-31-,45-41-. The highest BCUT2D eigenvalue weighted by atomic mass is 16.6. The normalized spacial score (nSPS) is 12.7. The van der Waals surface area contributed by atoms with Crippen molar-refractivity contribution in [3.63, 3.8) is 0 Å². The Balaban J connectivity index is 4.33. The predicted molar refractivity (Wildman–Crippen MR) is 353 cm³/mol. The molecule has 0 aliphatic carbocycles. The van der Waals surface area contributed by atoms with E-state index in [1.54, 1.807) is 0 Å². The molecule has 0 saturated heterocycles. The Morgan fingerprint density at radius 3 is 0.765 bits per heavy atom. The van der Waals surface area contributed by atoms with Gasteiger partial charge < -0.3 is 14.2 Å². The van der Waals surface area contributed by atoms with Gasteiger partial charge in [-0.05, 0) is 116 Å². The van der Waals surface area contributed by atoms with Gasteiger partial charge in [0.1, 0.15) is 13.2 Å². The van der Waals surface area contributed by atoms with E-state index in [9.17, 15) is 14.4 Å². The minimum atomic E-state index is -0.792. The van der Waals surface area contributed by atoms with Gasteiger partial charge in [0, 0.05) is 19.3 Å². The molecule has 6 heteroatoms. The second-order valence-corrected chi connectivity index (χ2v) is 23.0. The van der Waals surface area contributed by atoms with Crippen molar-refractivity contribution in [3.05, 3.63) is 97.2 Å². The van der Waals surface area contributed by atoms with Gasteiger partial charge in [0.2, 0.25) is 0 Å². The van der Waals surface area contributed by atoms with Crippen molar-refractivity contribution in [2.24, 2.45) is 0 Å². The number of hydrogen-bond acceptors (Lipinski definition) is 6. The monoisotopic (exact) mass is 1130 g/mol. The Labute approximate surface area is 502 Å². The van der Waals surface area contributed by atoms with Gasteiger partial charge in [-0.15, -0.1) is 0 Å². The van der Waals surface area contributed by atoms with Crippen LogP contribution in [-0.2, 0) is 28.6 Å². The average Bonchev–Trinajstić information content (AvgIpc) is 3.47. The molecule has 0 aliphatic rings. The molecule has 0 N–H and O–H groups in total. The number of allylic oxidation sites excluding steroid dienone is 16. The fourth-order valence-corrected chi connectivity index (χ4v) is 9.92. The molecule has 0 aromatic rings.